The zero-order chi connectivity index (χ0) is 18.8. The van der Waals surface area contributed by atoms with Gasteiger partial charge < -0.3 is 5.11 Å². The molecule has 0 aromatic heterocycles. The number of halogens is 7. The van der Waals surface area contributed by atoms with Gasteiger partial charge in [-0.05, 0) is 43.9 Å². The average Bonchev–Trinajstić information content (AvgIpc) is 2.53. The van der Waals surface area contributed by atoms with E-state index in [4.69, 9.17) is 5.11 Å². The van der Waals surface area contributed by atoms with E-state index >= 15 is 0 Å². The highest BCUT2D eigenvalue weighted by molar-refractivity contribution is 5.36. The molecule has 0 atom stereocenters. The predicted octanol–water partition coefficient (Wildman–Crippen LogP) is 5.83. The van der Waals surface area contributed by atoms with E-state index in [1.165, 1.54) is 6.92 Å². The molecule has 1 N–H and O–H groups in total. The summed E-state index contributed by atoms with van der Waals surface area (Å²) in [6.07, 6.45) is -0.313. The molecule has 8 heteroatoms. The number of allylic oxidation sites excluding steroid dienone is 2. The van der Waals surface area contributed by atoms with Crippen LogP contribution in [0.4, 0.5) is 30.7 Å². The van der Waals surface area contributed by atoms with Crippen molar-refractivity contribution in [2.75, 3.05) is 0 Å². The third-order valence-corrected chi connectivity index (χ3v) is 5.65. The van der Waals surface area contributed by atoms with Crippen molar-refractivity contribution in [1.82, 2.24) is 0 Å². The summed E-state index contributed by atoms with van der Waals surface area (Å²) < 4.78 is 100. The minimum Gasteiger partial charge on any atom is -0.505 e. The second-order valence-corrected chi connectivity index (χ2v) is 7.12. The highest BCUT2D eigenvalue weighted by atomic mass is 19.3. The van der Waals surface area contributed by atoms with Gasteiger partial charge in [0, 0.05) is 5.41 Å². The summed E-state index contributed by atoms with van der Waals surface area (Å²) in [6, 6.07) is 0.596. The Hall–Kier alpha value is -1.73. The van der Waals surface area contributed by atoms with Crippen LogP contribution in [-0.2, 0) is 5.92 Å². The van der Waals surface area contributed by atoms with Gasteiger partial charge in [0.05, 0.1) is 11.0 Å². The van der Waals surface area contributed by atoms with Gasteiger partial charge in [-0.1, -0.05) is 6.92 Å². The Morgan fingerprint density at radius 1 is 0.920 bits per heavy atom. The Morgan fingerprint density at radius 3 is 2.00 bits per heavy atom. The van der Waals surface area contributed by atoms with Gasteiger partial charge in [0.25, 0.3) is 0 Å². The van der Waals surface area contributed by atoms with Gasteiger partial charge in [0.2, 0.25) is 5.82 Å². The van der Waals surface area contributed by atoms with Gasteiger partial charge in [0.1, 0.15) is 5.83 Å². The Balaban J connectivity index is 2.12. The zero-order valence-corrected chi connectivity index (χ0v) is 13.2. The molecule has 1 fully saturated rings. The molecule has 1 aromatic rings. The van der Waals surface area contributed by atoms with E-state index in [0.29, 0.717) is 12.1 Å². The summed E-state index contributed by atoms with van der Waals surface area (Å²) >= 11 is 0. The first-order chi connectivity index (χ1) is 11.4. The topological polar surface area (TPSA) is 20.2 Å². The van der Waals surface area contributed by atoms with Gasteiger partial charge in [0.15, 0.2) is 11.6 Å². The van der Waals surface area contributed by atoms with Crippen molar-refractivity contribution < 1.29 is 35.8 Å². The van der Waals surface area contributed by atoms with Crippen LogP contribution < -0.4 is 0 Å². The minimum absolute atomic E-state index is 0.0343. The van der Waals surface area contributed by atoms with Crippen LogP contribution in [0.5, 0.6) is 5.75 Å². The second-order valence-electron chi connectivity index (χ2n) is 7.12. The van der Waals surface area contributed by atoms with E-state index in [1.54, 1.807) is 0 Å². The van der Waals surface area contributed by atoms with Crippen molar-refractivity contribution in [2.45, 2.75) is 44.5 Å². The summed E-state index contributed by atoms with van der Waals surface area (Å²) in [5, 5.41) is 9.00. The Morgan fingerprint density at radius 2 is 1.48 bits per heavy atom. The molecule has 3 aliphatic carbocycles. The monoisotopic (exact) mass is 368 g/mol. The van der Waals surface area contributed by atoms with Gasteiger partial charge in [-0.3, -0.25) is 0 Å². The fourth-order valence-electron chi connectivity index (χ4n) is 3.72. The van der Waals surface area contributed by atoms with Crippen molar-refractivity contribution >= 4 is 0 Å². The summed E-state index contributed by atoms with van der Waals surface area (Å²) in [6.45, 7) is 1.53. The Kier molecular flexibility index (Phi) is 3.72. The maximum absolute atomic E-state index is 14.9. The molecule has 0 aliphatic heterocycles. The molecule has 0 heterocycles. The van der Waals surface area contributed by atoms with E-state index < -0.39 is 51.4 Å². The van der Waals surface area contributed by atoms with Gasteiger partial charge in [-0.25, -0.2) is 8.78 Å². The number of benzene rings is 1. The number of phenols is 1. The first-order valence-corrected chi connectivity index (χ1v) is 7.70. The van der Waals surface area contributed by atoms with Gasteiger partial charge in [-0.15, -0.1) is 0 Å². The smallest absolute Gasteiger partial charge is 0.339 e. The number of hydrogen-bond acceptors (Lipinski definition) is 1. The third kappa shape index (κ3) is 2.22. The van der Waals surface area contributed by atoms with Crippen molar-refractivity contribution in [3.63, 3.8) is 0 Å². The van der Waals surface area contributed by atoms with E-state index in [9.17, 15) is 30.7 Å². The summed E-state index contributed by atoms with van der Waals surface area (Å²) in [5.74, 6) is -16.4. The lowest BCUT2D eigenvalue weighted by Gasteiger charge is -2.52. The molecule has 1 nitrogen and oxygen atoms in total. The predicted molar refractivity (Wildman–Crippen MR) is 75.1 cm³/mol. The SMILES string of the molecule is CC12CCC(C(F)(F)C(F)(F)c3ccc(O)c(F)c3F)(C=C1F)CC2. The minimum atomic E-state index is -5.09. The van der Waals surface area contributed by atoms with Gasteiger partial charge in [-0.2, -0.15) is 22.0 Å². The molecule has 0 amide bonds. The van der Waals surface area contributed by atoms with E-state index in [2.05, 4.69) is 0 Å². The number of aromatic hydroxyl groups is 1. The molecule has 3 aliphatic rings. The van der Waals surface area contributed by atoms with E-state index in [-0.39, 0.29) is 31.7 Å². The number of hydrogen-bond donors (Lipinski definition) is 1. The normalized spacial score (nSPS) is 29.7. The Labute approximate surface area is 139 Å². The third-order valence-electron chi connectivity index (χ3n) is 5.65. The largest absolute Gasteiger partial charge is 0.505 e. The van der Waals surface area contributed by atoms with Gasteiger partial charge >= 0.3 is 11.8 Å². The Bertz CT molecular complexity index is 746. The van der Waals surface area contributed by atoms with Crippen LogP contribution in [0.15, 0.2) is 24.0 Å². The lowest BCUT2D eigenvalue weighted by Crippen LogP contribution is -2.56. The van der Waals surface area contributed by atoms with Crippen molar-refractivity contribution in [3.05, 3.63) is 41.2 Å². The molecule has 0 saturated heterocycles. The summed E-state index contributed by atoms with van der Waals surface area (Å²) in [5.41, 5.74) is -5.28. The van der Waals surface area contributed by atoms with Crippen molar-refractivity contribution in [1.29, 1.82) is 0 Å². The molecular formula is C17H15F7O. The first-order valence-electron chi connectivity index (χ1n) is 7.70. The lowest BCUT2D eigenvalue weighted by molar-refractivity contribution is -0.277. The number of alkyl halides is 4. The molecule has 0 spiro atoms. The first kappa shape index (κ1) is 18.1. The number of fused-ring (bicyclic) bond motifs is 2. The average molecular weight is 368 g/mol. The summed E-state index contributed by atoms with van der Waals surface area (Å²) in [7, 11) is 0. The van der Waals surface area contributed by atoms with Crippen LogP contribution in [0.2, 0.25) is 0 Å². The van der Waals surface area contributed by atoms with Crippen LogP contribution in [0.1, 0.15) is 38.2 Å². The van der Waals surface area contributed by atoms with Crippen LogP contribution in [0.25, 0.3) is 0 Å². The highest BCUT2D eigenvalue weighted by Crippen LogP contribution is 2.66. The van der Waals surface area contributed by atoms with Crippen LogP contribution in [-0.4, -0.2) is 11.0 Å². The highest BCUT2D eigenvalue weighted by Gasteiger charge is 2.71. The maximum atomic E-state index is 14.9. The fourth-order valence-corrected chi connectivity index (χ4v) is 3.72. The second kappa shape index (κ2) is 5.14. The standard InChI is InChI=1S/C17H15F7O/c1-14-4-6-15(7-5-14,8-11(14)18)17(23,24)16(21,22)9-2-3-10(25)13(20)12(9)19/h2-3,8,25H,4-7H2,1H3. The molecule has 25 heavy (non-hydrogen) atoms. The molecule has 1 saturated carbocycles. The van der Waals surface area contributed by atoms with Crippen molar-refractivity contribution in [3.8, 4) is 5.75 Å². The van der Waals surface area contributed by atoms with E-state index in [0.717, 1.165) is 0 Å². The molecular weight excluding hydrogens is 353 g/mol. The molecule has 2 bridgehead atoms. The summed E-state index contributed by atoms with van der Waals surface area (Å²) in [4.78, 5) is 0. The van der Waals surface area contributed by atoms with E-state index in [1.807, 2.05) is 0 Å². The van der Waals surface area contributed by atoms with Crippen LogP contribution in [0, 0.1) is 22.5 Å². The van der Waals surface area contributed by atoms with Crippen molar-refractivity contribution in [2.24, 2.45) is 10.8 Å². The quantitative estimate of drug-likeness (QED) is 0.666. The lowest BCUT2D eigenvalue weighted by atomic mass is 9.55. The number of rotatable bonds is 3. The molecule has 0 radical (unpaired) electrons. The maximum Gasteiger partial charge on any atom is 0.339 e. The fraction of sp³-hybridized carbons (Fsp3) is 0.529. The molecule has 1 aromatic carbocycles. The molecule has 4 rings (SSSR count). The van der Waals surface area contributed by atoms with Crippen LogP contribution in [0.3, 0.4) is 0 Å². The zero-order valence-electron chi connectivity index (χ0n) is 13.2. The molecule has 0 unspecified atom stereocenters. The number of phenolic OH excluding ortho intramolecular Hbond substituents is 1. The molecule has 138 valence electrons. The van der Waals surface area contributed by atoms with Crippen LogP contribution >= 0.6 is 0 Å².